The Labute approximate surface area is 178 Å². The van der Waals surface area contributed by atoms with Crippen molar-refractivity contribution in [3.8, 4) is 0 Å². The molecule has 2 aromatic carbocycles. The van der Waals surface area contributed by atoms with E-state index >= 15 is 0 Å². The first-order valence-electron chi connectivity index (χ1n) is 8.73. The first-order chi connectivity index (χ1) is 13.9. The smallest absolute Gasteiger partial charge is 0.257 e. The first kappa shape index (κ1) is 19.8. The van der Waals surface area contributed by atoms with Crippen LogP contribution in [0.15, 0.2) is 86.6 Å². The number of rotatable bonds is 4. The predicted octanol–water partition coefficient (Wildman–Crippen LogP) is 3.93. The van der Waals surface area contributed by atoms with E-state index < -0.39 is 10.0 Å². The summed E-state index contributed by atoms with van der Waals surface area (Å²) < 4.78 is 26.8. The second kappa shape index (κ2) is 8.06. The fourth-order valence-electron chi connectivity index (χ4n) is 2.80. The van der Waals surface area contributed by atoms with Crippen molar-refractivity contribution in [2.75, 3.05) is 17.6 Å². The molecule has 0 bridgehead atoms. The molecule has 0 fully saturated rings. The number of halogens is 1. The lowest BCUT2D eigenvalue weighted by Gasteiger charge is -2.26. The van der Waals surface area contributed by atoms with Crippen LogP contribution in [0.1, 0.15) is 0 Å². The Hall–Kier alpha value is -2.55. The summed E-state index contributed by atoms with van der Waals surface area (Å²) in [6.45, 7) is 0.274. The van der Waals surface area contributed by atoms with Gasteiger partial charge in [-0.25, -0.2) is 8.42 Å². The van der Waals surface area contributed by atoms with Crippen LogP contribution in [0.25, 0.3) is 0 Å². The molecule has 148 valence electrons. The number of fused-ring (bicyclic) bond motifs is 1. The standard InChI is InChI=1S/C20H16ClN3O3S2/c21-17-3-1-2-4-18(17)28-16-8-6-15(7-9-16)22-20(25)14-5-10-19-23-29(26,27)12-11-24(19)13-14/h1-10,13H,11-12H2,(H,22,25). The van der Waals surface area contributed by atoms with E-state index in [2.05, 4.69) is 9.71 Å². The molecule has 0 aromatic heterocycles. The van der Waals surface area contributed by atoms with Gasteiger partial charge in [0.2, 0.25) is 0 Å². The summed E-state index contributed by atoms with van der Waals surface area (Å²) in [5.41, 5.74) is 1.09. The highest BCUT2D eigenvalue weighted by Gasteiger charge is 2.25. The van der Waals surface area contributed by atoms with E-state index in [1.165, 1.54) is 6.08 Å². The number of carbonyl (C=O) groups is 1. The summed E-state index contributed by atoms with van der Waals surface area (Å²) in [7, 11) is -3.41. The number of hydrogen-bond donors (Lipinski definition) is 1. The van der Waals surface area contributed by atoms with Crippen LogP contribution < -0.4 is 5.32 Å². The quantitative estimate of drug-likeness (QED) is 0.771. The van der Waals surface area contributed by atoms with Crippen LogP contribution in [0, 0.1) is 0 Å². The lowest BCUT2D eigenvalue weighted by molar-refractivity contribution is -0.112. The molecule has 2 aliphatic heterocycles. The minimum Gasteiger partial charge on any atom is -0.330 e. The summed E-state index contributed by atoms with van der Waals surface area (Å²) in [6, 6.07) is 15.1. The summed E-state index contributed by atoms with van der Waals surface area (Å²) in [5.74, 6) is -0.0192. The number of nitrogens with zero attached hydrogens (tertiary/aromatic N) is 2. The predicted molar refractivity (Wildman–Crippen MR) is 116 cm³/mol. The Balaban J connectivity index is 1.42. The summed E-state index contributed by atoms with van der Waals surface area (Å²) >= 11 is 7.73. The maximum absolute atomic E-state index is 12.6. The van der Waals surface area contributed by atoms with Crippen molar-refractivity contribution in [3.05, 3.63) is 77.5 Å². The number of anilines is 1. The second-order valence-corrected chi connectivity index (χ2v) is 9.63. The molecular weight excluding hydrogens is 430 g/mol. The van der Waals surface area contributed by atoms with E-state index in [4.69, 9.17) is 11.6 Å². The zero-order chi connectivity index (χ0) is 20.4. The number of amides is 1. The van der Waals surface area contributed by atoms with Gasteiger partial charge in [-0.15, -0.1) is 4.40 Å². The van der Waals surface area contributed by atoms with Gasteiger partial charge >= 0.3 is 0 Å². The van der Waals surface area contributed by atoms with Crippen LogP contribution in [-0.4, -0.2) is 37.4 Å². The van der Waals surface area contributed by atoms with Gasteiger partial charge in [-0.05, 0) is 48.6 Å². The second-order valence-electron chi connectivity index (χ2n) is 6.36. The minimum atomic E-state index is -3.41. The maximum atomic E-state index is 12.6. The van der Waals surface area contributed by atoms with E-state index in [0.29, 0.717) is 22.1 Å². The van der Waals surface area contributed by atoms with Crippen LogP contribution in [0.3, 0.4) is 0 Å². The summed E-state index contributed by atoms with van der Waals surface area (Å²) in [6.07, 6.45) is 4.71. The Morgan fingerprint density at radius 1 is 1.10 bits per heavy atom. The fraction of sp³-hybridized carbons (Fsp3) is 0.100. The molecule has 29 heavy (non-hydrogen) atoms. The number of carbonyl (C=O) groups excluding carboxylic acids is 1. The maximum Gasteiger partial charge on any atom is 0.257 e. The molecule has 2 aliphatic rings. The van der Waals surface area contributed by atoms with Gasteiger partial charge in [0.25, 0.3) is 15.9 Å². The number of benzene rings is 2. The zero-order valence-electron chi connectivity index (χ0n) is 15.1. The van der Waals surface area contributed by atoms with Crippen LogP contribution in [-0.2, 0) is 14.8 Å². The van der Waals surface area contributed by atoms with Crippen molar-refractivity contribution in [2.45, 2.75) is 9.79 Å². The van der Waals surface area contributed by atoms with E-state index in [1.807, 2.05) is 48.5 Å². The van der Waals surface area contributed by atoms with Crippen molar-refractivity contribution < 1.29 is 13.2 Å². The van der Waals surface area contributed by atoms with Crippen molar-refractivity contribution in [1.29, 1.82) is 0 Å². The van der Waals surface area contributed by atoms with Crippen LogP contribution >= 0.6 is 23.4 Å². The molecule has 2 aromatic rings. The molecule has 4 rings (SSSR count). The van der Waals surface area contributed by atoms with Gasteiger partial charge in [0.05, 0.1) is 16.3 Å². The van der Waals surface area contributed by atoms with Gasteiger partial charge in [0, 0.05) is 28.2 Å². The Morgan fingerprint density at radius 2 is 1.86 bits per heavy atom. The first-order valence-corrected chi connectivity index (χ1v) is 11.5. The summed E-state index contributed by atoms with van der Waals surface area (Å²) in [5, 5.41) is 3.54. The Bertz CT molecular complexity index is 1160. The van der Waals surface area contributed by atoms with E-state index in [0.717, 1.165) is 9.79 Å². The normalized spacial score (nSPS) is 17.2. The highest BCUT2D eigenvalue weighted by molar-refractivity contribution is 7.99. The van der Waals surface area contributed by atoms with Crippen molar-refractivity contribution >= 4 is 50.8 Å². The fourth-order valence-corrected chi connectivity index (χ4v) is 4.86. The van der Waals surface area contributed by atoms with Gasteiger partial charge < -0.3 is 10.2 Å². The van der Waals surface area contributed by atoms with Gasteiger partial charge in [-0.3, -0.25) is 4.79 Å². The van der Waals surface area contributed by atoms with Crippen LogP contribution in [0.4, 0.5) is 5.69 Å². The number of hydrogen-bond acceptors (Lipinski definition) is 5. The molecule has 0 radical (unpaired) electrons. The third kappa shape index (κ3) is 4.72. The van der Waals surface area contributed by atoms with Gasteiger partial charge in [-0.2, -0.15) is 0 Å². The molecule has 9 heteroatoms. The molecule has 2 heterocycles. The van der Waals surface area contributed by atoms with Crippen LogP contribution in [0.2, 0.25) is 5.02 Å². The number of amidine groups is 1. The van der Waals surface area contributed by atoms with Gasteiger partial charge in [0.1, 0.15) is 5.84 Å². The van der Waals surface area contributed by atoms with Crippen molar-refractivity contribution in [1.82, 2.24) is 4.90 Å². The monoisotopic (exact) mass is 445 g/mol. The van der Waals surface area contributed by atoms with Gasteiger partial charge in [-0.1, -0.05) is 35.5 Å². The Kier molecular flexibility index (Phi) is 5.49. The molecule has 0 saturated heterocycles. The average Bonchev–Trinajstić information content (AvgIpc) is 2.70. The number of sulfonamides is 1. The average molecular weight is 446 g/mol. The lowest BCUT2D eigenvalue weighted by Crippen LogP contribution is -2.37. The van der Waals surface area contributed by atoms with E-state index in [1.54, 1.807) is 28.9 Å². The Morgan fingerprint density at radius 3 is 2.62 bits per heavy atom. The zero-order valence-corrected chi connectivity index (χ0v) is 17.5. The lowest BCUT2D eigenvalue weighted by atomic mass is 10.1. The molecule has 0 unspecified atom stereocenters. The molecule has 0 aliphatic carbocycles. The molecule has 0 spiro atoms. The van der Waals surface area contributed by atoms with E-state index in [9.17, 15) is 13.2 Å². The SMILES string of the molecule is O=C(Nc1ccc(Sc2ccccc2Cl)cc1)C1=CN2CCS(=O)(=O)N=C2C=C1. The van der Waals surface area contributed by atoms with Crippen molar-refractivity contribution in [2.24, 2.45) is 4.40 Å². The third-order valence-electron chi connectivity index (χ3n) is 4.26. The molecule has 6 nitrogen and oxygen atoms in total. The molecular formula is C20H16ClN3O3S2. The molecule has 0 atom stereocenters. The largest absolute Gasteiger partial charge is 0.330 e. The van der Waals surface area contributed by atoms with Crippen LogP contribution in [0.5, 0.6) is 0 Å². The number of nitrogens with one attached hydrogen (secondary N) is 1. The highest BCUT2D eigenvalue weighted by atomic mass is 35.5. The molecule has 0 saturated carbocycles. The topological polar surface area (TPSA) is 78.8 Å². The highest BCUT2D eigenvalue weighted by Crippen LogP contribution is 2.33. The molecule has 1 N–H and O–H groups in total. The van der Waals surface area contributed by atoms with Gasteiger partial charge in [0.15, 0.2) is 0 Å². The minimum absolute atomic E-state index is 0.0691. The molecule has 1 amide bonds. The van der Waals surface area contributed by atoms with Crippen molar-refractivity contribution in [3.63, 3.8) is 0 Å². The third-order valence-corrected chi connectivity index (χ3v) is 6.95. The summed E-state index contributed by atoms with van der Waals surface area (Å²) in [4.78, 5) is 16.2. The van der Waals surface area contributed by atoms with E-state index in [-0.39, 0.29) is 18.2 Å².